The number of ether oxygens (including phenoxy) is 2. The molecule has 2 aromatic heterocycles. The first kappa shape index (κ1) is 20.7. The smallest absolute Gasteiger partial charge is 0.234 e. The second-order valence-electron chi connectivity index (χ2n) is 6.69. The Labute approximate surface area is 183 Å². The fourth-order valence-corrected chi connectivity index (χ4v) is 3.70. The summed E-state index contributed by atoms with van der Waals surface area (Å²) < 4.78 is 12.3. The maximum atomic E-state index is 12.4. The third kappa shape index (κ3) is 4.46. The highest BCUT2D eigenvalue weighted by Gasteiger charge is 2.14. The zero-order valence-corrected chi connectivity index (χ0v) is 18.1. The number of carbonyl (C=O) groups is 1. The van der Waals surface area contributed by atoms with Crippen molar-refractivity contribution in [2.24, 2.45) is 0 Å². The lowest BCUT2D eigenvalue weighted by atomic mass is 10.2. The molecule has 4 rings (SSSR count). The molecular weight excluding hydrogens is 414 g/mol. The highest BCUT2D eigenvalue weighted by Crippen LogP contribution is 2.31. The van der Waals surface area contributed by atoms with E-state index in [0.29, 0.717) is 28.0 Å². The second kappa shape index (κ2) is 9.05. The first-order valence-corrected chi connectivity index (χ1v) is 10.5. The topological polar surface area (TPSA) is 90.6 Å². The molecular formula is C22H21N5O3S. The van der Waals surface area contributed by atoms with Crippen LogP contribution in [0.4, 0.5) is 5.69 Å². The fraction of sp³-hybridized carbons (Fsp3) is 0.182. The monoisotopic (exact) mass is 435 g/mol. The number of fused-ring (bicyclic) bond motifs is 1. The van der Waals surface area contributed by atoms with Gasteiger partial charge in [-0.3, -0.25) is 4.79 Å². The Balaban J connectivity index is 1.53. The van der Waals surface area contributed by atoms with Crippen molar-refractivity contribution in [3.8, 4) is 22.9 Å². The van der Waals surface area contributed by atoms with Crippen LogP contribution in [0.15, 0.2) is 59.6 Å². The Morgan fingerprint density at radius 2 is 1.84 bits per heavy atom. The van der Waals surface area contributed by atoms with Crippen molar-refractivity contribution in [2.75, 3.05) is 25.3 Å². The van der Waals surface area contributed by atoms with E-state index in [2.05, 4.69) is 20.6 Å². The van der Waals surface area contributed by atoms with Gasteiger partial charge < -0.3 is 14.8 Å². The van der Waals surface area contributed by atoms with Gasteiger partial charge in [0.2, 0.25) is 5.91 Å². The maximum Gasteiger partial charge on any atom is 0.234 e. The van der Waals surface area contributed by atoms with Gasteiger partial charge in [0.25, 0.3) is 0 Å². The van der Waals surface area contributed by atoms with E-state index in [1.54, 1.807) is 18.7 Å². The number of anilines is 1. The van der Waals surface area contributed by atoms with Gasteiger partial charge in [-0.15, -0.1) is 10.2 Å². The summed E-state index contributed by atoms with van der Waals surface area (Å²) in [6.45, 7) is 1.96. The molecule has 0 aliphatic carbocycles. The standard InChI is InChI=1S/C22H21N5O3S/c1-14-6-4-5-7-16(14)23-20(28)13-31-21-11-10-19-24-25-22(27(19)26-21)15-8-9-17(29-2)18(12-15)30-3/h4-12H,13H2,1-3H3,(H,23,28). The Morgan fingerprint density at radius 1 is 1.03 bits per heavy atom. The summed E-state index contributed by atoms with van der Waals surface area (Å²) in [6.07, 6.45) is 0. The molecule has 0 spiro atoms. The van der Waals surface area contributed by atoms with E-state index in [9.17, 15) is 4.79 Å². The van der Waals surface area contributed by atoms with Gasteiger partial charge in [-0.25, -0.2) is 0 Å². The summed E-state index contributed by atoms with van der Waals surface area (Å²) in [6, 6.07) is 16.8. The lowest BCUT2D eigenvalue weighted by Crippen LogP contribution is -2.15. The molecule has 0 unspecified atom stereocenters. The first-order valence-electron chi connectivity index (χ1n) is 9.52. The van der Waals surface area contributed by atoms with E-state index in [4.69, 9.17) is 9.47 Å². The van der Waals surface area contributed by atoms with Crippen LogP contribution in [0.5, 0.6) is 11.5 Å². The summed E-state index contributed by atoms with van der Waals surface area (Å²) in [5.41, 5.74) is 3.23. The minimum atomic E-state index is -0.0925. The van der Waals surface area contributed by atoms with Crippen molar-refractivity contribution in [1.82, 2.24) is 19.8 Å². The van der Waals surface area contributed by atoms with Crippen LogP contribution in [0.1, 0.15) is 5.56 Å². The maximum absolute atomic E-state index is 12.4. The van der Waals surface area contributed by atoms with Crippen molar-refractivity contribution in [1.29, 1.82) is 0 Å². The minimum Gasteiger partial charge on any atom is -0.493 e. The summed E-state index contributed by atoms with van der Waals surface area (Å²) in [4.78, 5) is 12.4. The van der Waals surface area contributed by atoms with Crippen LogP contribution < -0.4 is 14.8 Å². The molecule has 2 heterocycles. The lowest BCUT2D eigenvalue weighted by Gasteiger charge is -2.09. The molecule has 0 fully saturated rings. The average Bonchev–Trinajstić information content (AvgIpc) is 3.22. The molecule has 8 nitrogen and oxygen atoms in total. The number of rotatable bonds is 7. The average molecular weight is 436 g/mol. The molecule has 0 aliphatic rings. The quantitative estimate of drug-likeness (QED) is 0.441. The molecule has 0 saturated carbocycles. The number of hydrogen-bond acceptors (Lipinski definition) is 7. The molecule has 1 N–H and O–H groups in total. The van der Waals surface area contributed by atoms with Gasteiger partial charge in [-0.05, 0) is 48.9 Å². The summed E-state index contributed by atoms with van der Waals surface area (Å²) in [5, 5.41) is 16.7. The van der Waals surface area contributed by atoms with Gasteiger partial charge in [0.05, 0.1) is 20.0 Å². The summed E-state index contributed by atoms with van der Waals surface area (Å²) in [5.74, 6) is 1.94. The Kier molecular flexibility index (Phi) is 6.03. The van der Waals surface area contributed by atoms with Gasteiger partial charge >= 0.3 is 0 Å². The highest BCUT2D eigenvalue weighted by molar-refractivity contribution is 7.99. The van der Waals surface area contributed by atoms with E-state index >= 15 is 0 Å². The fourth-order valence-electron chi connectivity index (χ4n) is 3.04. The largest absolute Gasteiger partial charge is 0.493 e. The van der Waals surface area contributed by atoms with E-state index < -0.39 is 0 Å². The zero-order chi connectivity index (χ0) is 21.8. The minimum absolute atomic E-state index is 0.0925. The number of carbonyl (C=O) groups excluding carboxylic acids is 1. The number of nitrogens with one attached hydrogen (secondary N) is 1. The van der Waals surface area contributed by atoms with Crippen molar-refractivity contribution >= 4 is 29.0 Å². The summed E-state index contributed by atoms with van der Waals surface area (Å²) >= 11 is 1.35. The van der Waals surface area contributed by atoms with Gasteiger partial charge in [0.15, 0.2) is 23.0 Å². The van der Waals surface area contributed by atoms with E-state index in [1.165, 1.54) is 11.8 Å². The van der Waals surface area contributed by atoms with Gasteiger partial charge in [-0.2, -0.15) is 9.61 Å². The van der Waals surface area contributed by atoms with Crippen LogP contribution in [0.3, 0.4) is 0 Å². The molecule has 2 aromatic carbocycles. The van der Waals surface area contributed by atoms with Gasteiger partial charge in [0, 0.05) is 11.3 Å². The third-order valence-corrected chi connectivity index (χ3v) is 5.57. The lowest BCUT2D eigenvalue weighted by molar-refractivity contribution is -0.113. The van der Waals surface area contributed by atoms with Crippen LogP contribution in [-0.2, 0) is 4.79 Å². The van der Waals surface area contributed by atoms with Gasteiger partial charge in [0.1, 0.15) is 5.03 Å². The SMILES string of the molecule is COc1ccc(-c2nnc3ccc(SCC(=O)Nc4ccccc4C)nn23)cc1OC. The Morgan fingerprint density at radius 3 is 2.61 bits per heavy atom. The number of para-hydroxylation sites is 1. The van der Waals surface area contributed by atoms with Crippen LogP contribution in [0.2, 0.25) is 0 Å². The molecule has 31 heavy (non-hydrogen) atoms. The van der Waals surface area contributed by atoms with Crippen LogP contribution in [0, 0.1) is 6.92 Å². The molecule has 158 valence electrons. The number of nitrogens with zero attached hydrogens (tertiary/aromatic N) is 4. The molecule has 4 aromatic rings. The number of benzene rings is 2. The molecule has 0 bridgehead atoms. The first-order chi connectivity index (χ1) is 15.1. The molecule has 0 saturated heterocycles. The molecule has 0 aliphatic heterocycles. The second-order valence-corrected chi connectivity index (χ2v) is 7.68. The van der Waals surface area contributed by atoms with Gasteiger partial charge in [-0.1, -0.05) is 30.0 Å². The number of hydrogen-bond donors (Lipinski definition) is 1. The molecule has 1 amide bonds. The van der Waals surface area contributed by atoms with Crippen molar-refractivity contribution in [3.63, 3.8) is 0 Å². The molecule has 9 heteroatoms. The van der Waals surface area contributed by atoms with Crippen molar-refractivity contribution in [2.45, 2.75) is 11.9 Å². The summed E-state index contributed by atoms with van der Waals surface area (Å²) in [7, 11) is 3.17. The van der Waals surface area contributed by atoms with E-state index in [-0.39, 0.29) is 11.7 Å². The van der Waals surface area contributed by atoms with Crippen LogP contribution in [-0.4, -0.2) is 45.7 Å². The number of aryl methyl sites for hydroxylation is 1. The van der Waals surface area contributed by atoms with E-state index in [0.717, 1.165) is 16.8 Å². The van der Waals surface area contributed by atoms with E-state index in [1.807, 2.05) is 61.5 Å². The van der Waals surface area contributed by atoms with Crippen LogP contribution >= 0.6 is 11.8 Å². The molecule has 0 atom stereocenters. The Hall–Kier alpha value is -3.59. The number of aromatic nitrogens is 4. The number of thioether (sulfide) groups is 1. The Bertz CT molecular complexity index is 1240. The highest BCUT2D eigenvalue weighted by atomic mass is 32.2. The predicted molar refractivity (Wildman–Crippen MR) is 120 cm³/mol. The molecule has 0 radical (unpaired) electrons. The van der Waals surface area contributed by atoms with Crippen LogP contribution in [0.25, 0.3) is 17.0 Å². The number of amides is 1. The van der Waals surface area contributed by atoms with Crippen molar-refractivity contribution < 1.29 is 14.3 Å². The normalized spacial score (nSPS) is 10.8. The number of methoxy groups -OCH3 is 2. The third-order valence-electron chi connectivity index (χ3n) is 4.65. The zero-order valence-electron chi connectivity index (χ0n) is 17.3. The van der Waals surface area contributed by atoms with Crippen molar-refractivity contribution in [3.05, 3.63) is 60.2 Å². The predicted octanol–water partition coefficient (Wildman–Crippen LogP) is 3.85.